The molecular weight excluding hydrogens is 254 g/mol. The number of carbonyl (C=O) groups is 1. The van der Waals surface area contributed by atoms with Gasteiger partial charge in [-0.25, -0.2) is 0 Å². The molecule has 0 spiro atoms. The van der Waals surface area contributed by atoms with Crippen LogP contribution in [0.3, 0.4) is 0 Å². The highest BCUT2D eigenvalue weighted by Crippen LogP contribution is 2.26. The number of hydrogen-bond donors (Lipinski definition) is 2. The number of ether oxygens (including phenoxy) is 1. The van der Waals surface area contributed by atoms with E-state index in [1.54, 1.807) is 12.1 Å². The van der Waals surface area contributed by atoms with Gasteiger partial charge >= 0.3 is 0 Å². The molecule has 0 aromatic heterocycles. The maximum Gasteiger partial charge on any atom is 0.251 e. The van der Waals surface area contributed by atoms with Gasteiger partial charge < -0.3 is 15.2 Å². The maximum atomic E-state index is 12.1. The fraction of sp³-hybridized carbons (Fsp3) is 0.188. The van der Waals surface area contributed by atoms with Crippen LogP contribution in [-0.4, -0.2) is 18.1 Å². The summed E-state index contributed by atoms with van der Waals surface area (Å²) in [6.07, 6.45) is 0. The van der Waals surface area contributed by atoms with E-state index in [9.17, 15) is 9.90 Å². The summed E-state index contributed by atoms with van der Waals surface area (Å²) in [5.74, 6) is 0.0597. The van der Waals surface area contributed by atoms with E-state index in [4.69, 9.17) is 4.74 Å². The summed E-state index contributed by atoms with van der Waals surface area (Å²) in [6, 6.07) is 14.2. The predicted molar refractivity (Wildman–Crippen MR) is 77.0 cm³/mol. The molecule has 0 saturated carbocycles. The topological polar surface area (TPSA) is 58.6 Å². The first kappa shape index (κ1) is 13.9. The quantitative estimate of drug-likeness (QED) is 0.899. The molecule has 0 saturated heterocycles. The number of hydrogen-bond acceptors (Lipinski definition) is 3. The van der Waals surface area contributed by atoms with Crippen molar-refractivity contribution in [2.24, 2.45) is 0 Å². The number of amides is 1. The third kappa shape index (κ3) is 3.09. The molecule has 0 aliphatic heterocycles. The Morgan fingerprint density at radius 1 is 1.20 bits per heavy atom. The minimum atomic E-state index is -0.237. The first-order valence-electron chi connectivity index (χ1n) is 6.34. The lowest BCUT2D eigenvalue weighted by Crippen LogP contribution is -2.26. The standard InChI is InChI=1S/C16H17NO3/c1-11(12-6-4-3-5-7-12)17-16(19)13-8-9-15(20-2)14(18)10-13/h3-11,18H,1-2H3,(H,17,19)/t11-/m1/s1. The van der Waals surface area contributed by atoms with Crippen molar-refractivity contribution in [3.8, 4) is 11.5 Å². The highest BCUT2D eigenvalue weighted by molar-refractivity contribution is 5.95. The van der Waals surface area contributed by atoms with Gasteiger partial charge in [0.15, 0.2) is 11.5 Å². The van der Waals surface area contributed by atoms with Crippen molar-refractivity contribution >= 4 is 5.91 Å². The fourth-order valence-corrected chi connectivity index (χ4v) is 1.94. The minimum Gasteiger partial charge on any atom is -0.504 e. The Kier molecular flexibility index (Phi) is 4.25. The lowest BCUT2D eigenvalue weighted by atomic mass is 10.1. The molecule has 4 nitrogen and oxygen atoms in total. The van der Waals surface area contributed by atoms with Crippen molar-refractivity contribution in [1.29, 1.82) is 0 Å². The molecule has 2 aromatic rings. The summed E-state index contributed by atoms with van der Waals surface area (Å²) in [6.45, 7) is 1.91. The van der Waals surface area contributed by atoms with Gasteiger partial charge in [-0.2, -0.15) is 0 Å². The highest BCUT2D eigenvalue weighted by Gasteiger charge is 2.13. The number of benzene rings is 2. The van der Waals surface area contributed by atoms with E-state index in [0.717, 1.165) is 5.56 Å². The number of aromatic hydroxyl groups is 1. The van der Waals surface area contributed by atoms with E-state index in [1.165, 1.54) is 13.2 Å². The summed E-state index contributed by atoms with van der Waals surface area (Å²) in [4.78, 5) is 12.1. The Morgan fingerprint density at radius 3 is 2.50 bits per heavy atom. The molecule has 1 atom stereocenters. The Bertz CT molecular complexity index is 596. The van der Waals surface area contributed by atoms with Gasteiger partial charge in [0.1, 0.15) is 0 Å². The zero-order chi connectivity index (χ0) is 14.5. The molecule has 104 valence electrons. The fourth-order valence-electron chi connectivity index (χ4n) is 1.94. The van der Waals surface area contributed by atoms with Crippen LogP contribution >= 0.6 is 0 Å². The third-order valence-electron chi connectivity index (χ3n) is 3.09. The molecule has 0 fully saturated rings. The van der Waals surface area contributed by atoms with Gasteiger partial charge in [0.05, 0.1) is 13.2 Å². The molecule has 2 rings (SSSR count). The minimum absolute atomic E-state index is 0.0486. The maximum absolute atomic E-state index is 12.1. The lowest BCUT2D eigenvalue weighted by Gasteiger charge is -2.14. The van der Waals surface area contributed by atoms with Gasteiger partial charge in [0.25, 0.3) is 5.91 Å². The first-order valence-corrected chi connectivity index (χ1v) is 6.34. The Morgan fingerprint density at radius 2 is 1.90 bits per heavy atom. The molecule has 0 heterocycles. The molecule has 0 radical (unpaired) electrons. The number of phenols is 1. The predicted octanol–water partition coefficient (Wildman–Crippen LogP) is 2.89. The van der Waals surface area contributed by atoms with Crippen molar-refractivity contribution in [3.63, 3.8) is 0 Å². The molecule has 1 amide bonds. The van der Waals surface area contributed by atoms with Crippen molar-refractivity contribution in [2.45, 2.75) is 13.0 Å². The van der Waals surface area contributed by atoms with E-state index < -0.39 is 0 Å². The first-order chi connectivity index (χ1) is 9.61. The molecular formula is C16H17NO3. The second-order valence-corrected chi connectivity index (χ2v) is 4.49. The molecule has 2 aromatic carbocycles. The zero-order valence-corrected chi connectivity index (χ0v) is 11.5. The zero-order valence-electron chi connectivity index (χ0n) is 11.5. The van der Waals surface area contributed by atoms with Crippen molar-refractivity contribution in [2.75, 3.05) is 7.11 Å². The van der Waals surface area contributed by atoms with Crippen molar-refractivity contribution in [3.05, 3.63) is 59.7 Å². The summed E-state index contributed by atoms with van der Waals surface area (Å²) in [5.41, 5.74) is 1.42. The van der Waals surface area contributed by atoms with Crippen LogP contribution < -0.4 is 10.1 Å². The number of methoxy groups -OCH3 is 1. The number of nitrogens with one attached hydrogen (secondary N) is 1. The second kappa shape index (κ2) is 6.10. The molecule has 4 heteroatoms. The van der Waals surface area contributed by atoms with Gasteiger partial charge in [-0.05, 0) is 30.7 Å². The van der Waals surface area contributed by atoms with Crippen LogP contribution in [0.2, 0.25) is 0 Å². The number of carbonyl (C=O) groups excluding carboxylic acids is 1. The van der Waals surface area contributed by atoms with Crippen LogP contribution in [0.15, 0.2) is 48.5 Å². The van der Waals surface area contributed by atoms with E-state index in [-0.39, 0.29) is 17.7 Å². The molecule has 0 unspecified atom stereocenters. The normalized spacial score (nSPS) is 11.7. The van der Waals surface area contributed by atoms with Crippen molar-refractivity contribution < 1.29 is 14.6 Å². The largest absolute Gasteiger partial charge is 0.504 e. The van der Waals surface area contributed by atoms with Crippen molar-refractivity contribution in [1.82, 2.24) is 5.32 Å². The van der Waals surface area contributed by atoms with E-state index in [2.05, 4.69) is 5.32 Å². The average Bonchev–Trinajstić information content (AvgIpc) is 2.48. The highest BCUT2D eigenvalue weighted by atomic mass is 16.5. The van der Waals surface area contributed by atoms with Crippen LogP contribution in [-0.2, 0) is 0 Å². The summed E-state index contributed by atoms with van der Waals surface area (Å²) < 4.78 is 4.95. The van der Waals surface area contributed by atoms with E-state index >= 15 is 0 Å². The van der Waals surface area contributed by atoms with Crippen LogP contribution in [0.1, 0.15) is 28.9 Å². The molecule has 20 heavy (non-hydrogen) atoms. The van der Waals surface area contributed by atoms with Crippen LogP contribution in [0.25, 0.3) is 0 Å². The monoisotopic (exact) mass is 271 g/mol. The molecule has 0 bridgehead atoms. The molecule has 0 aliphatic rings. The lowest BCUT2D eigenvalue weighted by molar-refractivity contribution is 0.0939. The smallest absolute Gasteiger partial charge is 0.251 e. The number of rotatable bonds is 4. The van der Waals surface area contributed by atoms with E-state index in [0.29, 0.717) is 11.3 Å². The second-order valence-electron chi connectivity index (χ2n) is 4.49. The summed E-state index contributed by atoms with van der Waals surface area (Å²) >= 11 is 0. The van der Waals surface area contributed by atoms with Crippen LogP contribution in [0.5, 0.6) is 11.5 Å². The summed E-state index contributed by atoms with van der Waals surface area (Å²) in [5, 5.41) is 12.6. The van der Waals surface area contributed by atoms with Gasteiger partial charge in [-0.15, -0.1) is 0 Å². The SMILES string of the molecule is COc1ccc(C(=O)N[C@H](C)c2ccccc2)cc1O. The average molecular weight is 271 g/mol. The van der Waals surface area contributed by atoms with Crippen LogP contribution in [0.4, 0.5) is 0 Å². The van der Waals surface area contributed by atoms with E-state index in [1.807, 2.05) is 37.3 Å². The number of phenolic OH excluding ortho intramolecular Hbond substituents is 1. The Hall–Kier alpha value is -2.49. The Labute approximate surface area is 118 Å². The van der Waals surface area contributed by atoms with Gasteiger partial charge in [0, 0.05) is 5.56 Å². The third-order valence-corrected chi connectivity index (χ3v) is 3.09. The van der Waals surface area contributed by atoms with Crippen LogP contribution in [0, 0.1) is 0 Å². The van der Waals surface area contributed by atoms with Gasteiger partial charge in [0.2, 0.25) is 0 Å². The summed E-state index contributed by atoms with van der Waals surface area (Å²) in [7, 11) is 1.46. The van der Waals surface area contributed by atoms with Gasteiger partial charge in [-0.1, -0.05) is 30.3 Å². The molecule has 2 N–H and O–H groups in total. The van der Waals surface area contributed by atoms with Gasteiger partial charge in [-0.3, -0.25) is 4.79 Å². The Balaban J connectivity index is 2.10. The molecule has 0 aliphatic carbocycles.